The van der Waals surface area contributed by atoms with E-state index in [4.69, 9.17) is 0 Å². The van der Waals surface area contributed by atoms with Gasteiger partial charge in [-0.3, -0.25) is 9.48 Å². The zero-order chi connectivity index (χ0) is 9.97. The average molecular weight is 188 g/mol. The lowest BCUT2D eigenvalue weighted by molar-refractivity contribution is 0.736. The van der Waals surface area contributed by atoms with E-state index >= 15 is 0 Å². The van der Waals surface area contributed by atoms with E-state index in [0.29, 0.717) is 5.56 Å². The molecule has 0 aromatic carbocycles. The third kappa shape index (κ3) is 1.52. The van der Waals surface area contributed by atoms with Gasteiger partial charge in [0.05, 0.1) is 24.2 Å². The lowest BCUT2D eigenvalue weighted by atomic mass is 10.1. The van der Waals surface area contributed by atoms with E-state index in [1.165, 1.54) is 6.20 Å². The number of hydrogen-bond acceptors (Lipinski definition) is 4. The molecule has 2 aromatic heterocycles. The molecule has 0 saturated carbocycles. The Balaban J connectivity index is 2.63. The molecule has 0 saturated heterocycles. The van der Waals surface area contributed by atoms with Crippen LogP contribution < -0.4 is 5.43 Å². The van der Waals surface area contributed by atoms with E-state index in [2.05, 4.69) is 15.3 Å². The first-order valence-corrected chi connectivity index (χ1v) is 4.07. The second-order valence-electron chi connectivity index (χ2n) is 2.86. The fraction of sp³-hybridized carbons (Fsp3) is 0.111. The Morgan fingerprint density at radius 1 is 1.29 bits per heavy atom. The van der Waals surface area contributed by atoms with Crippen LogP contribution in [-0.4, -0.2) is 20.0 Å². The fourth-order valence-electron chi connectivity index (χ4n) is 1.16. The van der Waals surface area contributed by atoms with Crippen LogP contribution in [-0.2, 0) is 7.05 Å². The van der Waals surface area contributed by atoms with Gasteiger partial charge in [0.1, 0.15) is 0 Å². The summed E-state index contributed by atoms with van der Waals surface area (Å²) >= 11 is 0. The van der Waals surface area contributed by atoms with Crippen molar-refractivity contribution in [2.45, 2.75) is 0 Å². The van der Waals surface area contributed by atoms with Crippen molar-refractivity contribution in [1.82, 2.24) is 20.0 Å². The molecule has 0 unspecified atom stereocenters. The lowest BCUT2D eigenvalue weighted by Gasteiger charge is -2.00. The van der Waals surface area contributed by atoms with Gasteiger partial charge in [-0.2, -0.15) is 15.3 Å². The Kier molecular flexibility index (Phi) is 2.06. The molecule has 0 atom stereocenters. The molecule has 0 aliphatic heterocycles. The molecule has 0 fully saturated rings. The second kappa shape index (κ2) is 3.37. The van der Waals surface area contributed by atoms with E-state index in [9.17, 15) is 4.79 Å². The maximum atomic E-state index is 11.4. The van der Waals surface area contributed by atoms with Crippen molar-refractivity contribution in [1.29, 1.82) is 0 Å². The summed E-state index contributed by atoms with van der Waals surface area (Å²) in [6.45, 7) is 0. The number of aromatic nitrogens is 4. The summed E-state index contributed by atoms with van der Waals surface area (Å²) in [5.41, 5.74) is 1.22. The van der Waals surface area contributed by atoms with Crippen LogP contribution in [0.1, 0.15) is 0 Å². The Hall–Kier alpha value is -2.04. The topological polar surface area (TPSA) is 60.7 Å². The molecule has 5 nitrogen and oxygen atoms in total. The zero-order valence-electron chi connectivity index (χ0n) is 7.58. The quantitative estimate of drug-likeness (QED) is 0.643. The summed E-state index contributed by atoms with van der Waals surface area (Å²) in [7, 11) is 1.76. The molecule has 0 radical (unpaired) electrons. The lowest BCUT2D eigenvalue weighted by Crippen LogP contribution is -2.10. The number of hydrogen-bond donors (Lipinski definition) is 0. The normalized spacial score (nSPS) is 10.1. The summed E-state index contributed by atoms with van der Waals surface area (Å²) in [4.78, 5) is 11.4. The average Bonchev–Trinajstić information content (AvgIpc) is 2.23. The van der Waals surface area contributed by atoms with Gasteiger partial charge in [-0.05, 0) is 6.07 Å². The predicted octanol–water partition coefficient (Wildman–Crippen LogP) is 0.237. The van der Waals surface area contributed by atoms with Crippen molar-refractivity contribution >= 4 is 0 Å². The first kappa shape index (κ1) is 8.55. The van der Waals surface area contributed by atoms with Crippen molar-refractivity contribution in [3.8, 4) is 11.1 Å². The molecule has 2 rings (SSSR count). The molecule has 5 heteroatoms. The Morgan fingerprint density at radius 3 is 2.86 bits per heavy atom. The van der Waals surface area contributed by atoms with Crippen LogP contribution in [0.3, 0.4) is 0 Å². The van der Waals surface area contributed by atoms with Gasteiger partial charge in [0.25, 0.3) is 0 Å². The van der Waals surface area contributed by atoms with Gasteiger partial charge in [0, 0.05) is 18.8 Å². The van der Waals surface area contributed by atoms with Crippen LogP contribution >= 0.6 is 0 Å². The SMILES string of the molecule is Cn1cc(-c2ccnnc2)c(=O)cn1. The molecule has 0 aliphatic rings. The maximum Gasteiger partial charge on any atom is 0.207 e. The summed E-state index contributed by atoms with van der Waals surface area (Å²) < 4.78 is 1.58. The molecule has 70 valence electrons. The second-order valence-corrected chi connectivity index (χ2v) is 2.86. The van der Waals surface area contributed by atoms with Crippen LogP contribution in [0.15, 0.2) is 35.6 Å². The Labute approximate surface area is 80.0 Å². The molecule has 2 heterocycles. The highest BCUT2D eigenvalue weighted by Gasteiger charge is 2.02. The summed E-state index contributed by atoms with van der Waals surface area (Å²) in [5.74, 6) is 0. The van der Waals surface area contributed by atoms with Gasteiger partial charge in [-0.1, -0.05) is 0 Å². The minimum absolute atomic E-state index is 0.115. The molecule has 0 bridgehead atoms. The minimum atomic E-state index is -0.115. The van der Waals surface area contributed by atoms with Gasteiger partial charge < -0.3 is 0 Å². The van der Waals surface area contributed by atoms with Gasteiger partial charge in [-0.15, -0.1) is 0 Å². The molecule has 0 amide bonds. The number of rotatable bonds is 1. The van der Waals surface area contributed by atoms with Crippen LogP contribution in [0.4, 0.5) is 0 Å². The van der Waals surface area contributed by atoms with E-state index in [-0.39, 0.29) is 5.43 Å². The van der Waals surface area contributed by atoms with Crippen molar-refractivity contribution in [2.24, 2.45) is 7.05 Å². The highest BCUT2D eigenvalue weighted by molar-refractivity contribution is 5.59. The third-order valence-electron chi connectivity index (χ3n) is 1.83. The van der Waals surface area contributed by atoms with Crippen LogP contribution in [0.2, 0.25) is 0 Å². The smallest absolute Gasteiger partial charge is 0.207 e. The Bertz CT molecular complexity index is 492. The minimum Gasteiger partial charge on any atom is -0.287 e. The number of nitrogens with zero attached hydrogens (tertiary/aromatic N) is 4. The molecular weight excluding hydrogens is 180 g/mol. The van der Waals surface area contributed by atoms with Crippen molar-refractivity contribution in [2.75, 3.05) is 0 Å². The maximum absolute atomic E-state index is 11.4. The molecule has 0 N–H and O–H groups in total. The molecule has 0 spiro atoms. The van der Waals surface area contributed by atoms with Crippen LogP contribution in [0.25, 0.3) is 11.1 Å². The zero-order valence-corrected chi connectivity index (χ0v) is 7.58. The van der Waals surface area contributed by atoms with E-state index in [0.717, 1.165) is 5.56 Å². The van der Waals surface area contributed by atoms with Gasteiger partial charge in [0.2, 0.25) is 5.43 Å². The van der Waals surface area contributed by atoms with Gasteiger partial charge in [-0.25, -0.2) is 0 Å². The van der Waals surface area contributed by atoms with Crippen molar-refractivity contribution in [3.63, 3.8) is 0 Å². The first-order valence-electron chi connectivity index (χ1n) is 4.07. The van der Waals surface area contributed by atoms with Crippen molar-refractivity contribution < 1.29 is 0 Å². The highest BCUT2D eigenvalue weighted by Crippen LogP contribution is 2.10. The van der Waals surface area contributed by atoms with Gasteiger partial charge in [0.15, 0.2) is 0 Å². The third-order valence-corrected chi connectivity index (χ3v) is 1.83. The summed E-state index contributed by atoms with van der Waals surface area (Å²) in [6.07, 6.45) is 6.06. The highest BCUT2D eigenvalue weighted by atomic mass is 16.1. The van der Waals surface area contributed by atoms with Gasteiger partial charge >= 0.3 is 0 Å². The molecule has 14 heavy (non-hydrogen) atoms. The molecule has 0 aliphatic carbocycles. The molecular formula is C9H8N4O. The fourth-order valence-corrected chi connectivity index (χ4v) is 1.16. The van der Waals surface area contributed by atoms with Crippen LogP contribution in [0, 0.1) is 0 Å². The van der Waals surface area contributed by atoms with E-state index in [1.807, 2.05) is 0 Å². The van der Waals surface area contributed by atoms with Crippen molar-refractivity contribution in [3.05, 3.63) is 41.1 Å². The van der Waals surface area contributed by atoms with E-state index in [1.54, 1.807) is 36.4 Å². The largest absolute Gasteiger partial charge is 0.287 e. The monoisotopic (exact) mass is 188 g/mol. The summed E-state index contributed by atoms with van der Waals surface area (Å²) in [5, 5.41) is 11.2. The molecule has 2 aromatic rings. The Morgan fingerprint density at radius 2 is 2.14 bits per heavy atom. The van der Waals surface area contributed by atoms with Crippen LogP contribution in [0.5, 0.6) is 0 Å². The number of aryl methyl sites for hydroxylation is 1. The van der Waals surface area contributed by atoms with E-state index < -0.39 is 0 Å². The first-order chi connectivity index (χ1) is 6.77. The standard InChI is InChI=1S/C9H8N4O/c1-13-6-8(9(14)5-12-13)7-2-3-10-11-4-7/h2-6H,1H3. The predicted molar refractivity (Wildman–Crippen MR) is 50.5 cm³/mol. The summed E-state index contributed by atoms with van der Waals surface area (Å²) in [6, 6.07) is 1.74.